The molecule has 0 radical (unpaired) electrons. The van der Waals surface area contributed by atoms with Crippen LogP contribution in [-0.4, -0.2) is 20.2 Å². The van der Waals surface area contributed by atoms with Crippen molar-refractivity contribution < 1.29 is 9.13 Å². The summed E-state index contributed by atoms with van der Waals surface area (Å²) in [6.07, 6.45) is 1.13. The number of halogens is 1. The lowest BCUT2D eigenvalue weighted by atomic mass is 9.84. The minimum absolute atomic E-state index is 0.280. The maximum Gasteiger partial charge on any atom is 0.167 e. The largest absolute Gasteiger partial charge is 0.494 e. The molecule has 4 heteroatoms. The summed E-state index contributed by atoms with van der Waals surface area (Å²) in [5.74, 6) is 0.480. The van der Waals surface area contributed by atoms with Crippen LogP contribution in [0.2, 0.25) is 0 Å². The maximum atomic E-state index is 13.7. The van der Waals surface area contributed by atoms with Crippen LogP contribution in [0.25, 0.3) is 0 Å². The molecule has 0 fully saturated rings. The van der Waals surface area contributed by atoms with E-state index in [2.05, 4.69) is 31.4 Å². The molecule has 106 valence electrons. The molecule has 1 aliphatic rings. The lowest BCUT2D eigenvalue weighted by Gasteiger charge is -2.25. The lowest BCUT2D eigenvalue weighted by molar-refractivity contribution is 0.310. The topological polar surface area (TPSA) is 33.3 Å². The molecule has 1 aromatic rings. The first-order valence-electron chi connectivity index (χ1n) is 6.74. The van der Waals surface area contributed by atoms with Crippen LogP contribution < -0.4 is 15.4 Å². The Kier molecular flexibility index (Phi) is 3.88. The zero-order valence-corrected chi connectivity index (χ0v) is 12.1. The van der Waals surface area contributed by atoms with Gasteiger partial charge in [0.05, 0.1) is 18.5 Å². The smallest absolute Gasteiger partial charge is 0.167 e. The zero-order chi connectivity index (χ0) is 14.0. The second-order valence-corrected chi connectivity index (χ2v) is 6.42. The predicted octanol–water partition coefficient (Wildman–Crippen LogP) is 3.72. The molecule has 0 aromatic heterocycles. The molecular weight excluding hydrogens is 243 g/mol. The van der Waals surface area contributed by atoms with Crippen LogP contribution in [0.4, 0.5) is 15.8 Å². The number of benzene rings is 1. The molecule has 1 aliphatic heterocycles. The van der Waals surface area contributed by atoms with Crippen LogP contribution in [0.1, 0.15) is 27.2 Å². The number of fused-ring (bicyclic) bond motifs is 1. The summed E-state index contributed by atoms with van der Waals surface area (Å²) in [5.41, 5.74) is 2.03. The quantitative estimate of drug-likeness (QED) is 0.856. The average molecular weight is 266 g/mol. The van der Waals surface area contributed by atoms with Gasteiger partial charge in [-0.05, 0) is 17.8 Å². The van der Waals surface area contributed by atoms with Crippen molar-refractivity contribution in [2.24, 2.45) is 11.3 Å². The maximum absolute atomic E-state index is 13.7. The van der Waals surface area contributed by atoms with E-state index in [0.717, 1.165) is 30.9 Å². The first-order valence-corrected chi connectivity index (χ1v) is 6.74. The first kappa shape index (κ1) is 14.0. The van der Waals surface area contributed by atoms with Gasteiger partial charge in [0.25, 0.3) is 0 Å². The Morgan fingerprint density at radius 2 is 1.79 bits per heavy atom. The highest BCUT2D eigenvalue weighted by atomic mass is 19.1. The molecule has 1 atom stereocenters. The van der Waals surface area contributed by atoms with Crippen LogP contribution in [-0.2, 0) is 0 Å². The molecule has 0 saturated carbocycles. The summed E-state index contributed by atoms with van der Waals surface area (Å²) < 4.78 is 18.7. The molecule has 0 bridgehead atoms. The van der Waals surface area contributed by atoms with Gasteiger partial charge in [-0.1, -0.05) is 20.8 Å². The number of rotatable bonds is 2. The Balaban J connectivity index is 2.14. The molecule has 1 heterocycles. The first-order chi connectivity index (χ1) is 8.89. The molecule has 0 saturated heterocycles. The van der Waals surface area contributed by atoms with E-state index in [-0.39, 0.29) is 11.6 Å². The standard InChI is InChI=1S/C15H23FN2O/c1-15(2,3)7-10-8-17-12-5-11(16)14(19-4)6-13(12)18-9-10/h5-6,10,17-18H,7-9H2,1-4H3. The second-order valence-electron chi connectivity index (χ2n) is 6.42. The van der Waals surface area contributed by atoms with Crippen LogP contribution >= 0.6 is 0 Å². The number of anilines is 2. The van der Waals surface area contributed by atoms with Gasteiger partial charge in [0, 0.05) is 25.2 Å². The van der Waals surface area contributed by atoms with Crippen molar-refractivity contribution in [2.45, 2.75) is 27.2 Å². The zero-order valence-electron chi connectivity index (χ0n) is 12.1. The van der Waals surface area contributed by atoms with Crippen molar-refractivity contribution in [3.63, 3.8) is 0 Å². The minimum atomic E-state index is -0.329. The molecule has 1 aromatic carbocycles. The molecule has 2 rings (SSSR count). The van der Waals surface area contributed by atoms with Gasteiger partial charge in [-0.15, -0.1) is 0 Å². The van der Waals surface area contributed by atoms with Crippen molar-refractivity contribution in [1.29, 1.82) is 0 Å². The Hall–Kier alpha value is -1.45. The van der Waals surface area contributed by atoms with Gasteiger partial charge >= 0.3 is 0 Å². The minimum Gasteiger partial charge on any atom is -0.494 e. The Labute approximate surface area is 114 Å². The third-order valence-electron chi connectivity index (χ3n) is 3.36. The fourth-order valence-corrected chi connectivity index (χ4v) is 2.59. The number of methoxy groups -OCH3 is 1. The molecular formula is C15H23FN2O. The third kappa shape index (κ3) is 3.52. The summed E-state index contributed by atoms with van der Waals surface area (Å²) >= 11 is 0. The molecule has 0 amide bonds. The van der Waals surface area contributed by atoms with E-state index in [1.54, 1.807) is 6.07 Å². The highest BCUT2D eigenvalue weighted by Gasteiger charge is 2.22. The van der Waals surface area contributed by atoms with Gasteiger partial charge in [0.1, 0.15) is 0 Å². The molecule has 0 aliphatic carbocycles. The Morgan fingerprint density at radius 3 is 2.32 bits per heavy atom. The summed E-state index contributed by atoms with van der Waals surface area (Å²) in [5, 5.41) is 6.72. The van der Waals surface area contributed by atoms with Gasteiger partial charge in [0.2, 0.25) is 0 Å². The molecule has 19 heavy (non-hydrogen) atoms. The highest BCUT2D eigenvalue weighted by molar-refractivity contribution is 5.71. The molecule has 1 unspecified atom stereocenters. The fourth-order valence-electron chi connectivity index (χ4n) is 2.59. The summed E-state index contributed by atoms with van der Waals surface area (Å²) in [6, 6.07) is 3.22. The van der Waals surface area contributed by atoms with Crippen molar-refractivity contribution in [2.75, 3.05) is 30.8 Å². The van der Waals surface area contributed by atoms with Gasteiger partial charge in [0.15, 0.2) is 11.6 Å². The SMILES string of the molecule is COc1cc2c(cc1F)NCC(CC(C)(C)C)CN2. The van der Waals surface area contributed by atoms with E-state index in [9.17, 15) is 4.39 Å². The van der Waals surface area contributed by atoms with E-state index >= 15 is 0 Å². The molecule has 0 spiro atoms. The number of ether oxygens (including phenoxy) is 1. The van der Waals surface area contributed by atoms with E-state index in [1.165, 1.54) is 13.2 Å². The normalized spacial score (nSPS) is 18.9. The summed E-state index contributed by atoms with van der Waals surface area (Å²) in [7, 11) is 1.48. The Morgan fingerprint density at radius 1 is 1.21 bits per heavy atom. The number of hydrogen-bond acceptors (Lipinski definition) is 3. The van der Waals surface area contributed by atoms with E-state index in [4.69, 9.17) is 4.74 Å². The lowest BCUT2D eigenvalue weighted by Crippen LogP contribution is -2.24. The Bertz CT molecular complexity index is 454. The van der Waals surface area contributed by atoms with E-state index in [0.29, 0.717) is 11.3 Å². The highest BCUT2D eigenvalue weighted by Crippen LogP contribution is 2.33. The van der Waals surface area contributed by atoms with Gasteiger partial charge in [-0.25, -0.2) is 4.39 Å². The van der Waals surface area contributed by atoms with Crippen LogP contribution in [0.15, 0.2) is 12.1 Å². The summed E-state index contributed by atoms with van der Waals surface area (Å²) in [4.78, 5) is 0. The molecule has 2 N–H and O–H groups in total. The van der Waals surface area contributed by atoms with Crippen molar-refractivity contribution in [3.8, 4) is 5.75 Å². The number of nitrogens with one attached hydrogen (secondary N) is 2. The van der Waals surface area contributed by atoms with Gasteiger partial charge in [-0.3, -0.25) is 0 Å². The summed E-state index contributed by atoms with van der Waals surface area (Å²) in [6.45, 7) is 8.49. The van der Waals surface area contributed by atoms with E-state index < -0.39 is 0 Å². The van der Waals surface area contributed by atoms with Crippen LogP contribution in [0, 0.1) is 17.2 Å². The second kappa shape index (κ2) is 5.27. The predicted molar refractivity (Wildman–Crippen MR) is 77.5 cm³/mol. The average Bonchev–Trinajstić information content (AvgIpc) is 2.49. The van der Waals surface area contributed by atoms with E-state index in [1.807, 2.05) is 0 Å². The fraction of sp³-hybridized carbons (Fsp3) is 0.600. The van der Waals surface area contributed by atoms with Crippen LogP contribution in [0.5, 0.6) is 5.75 Å². The van der Waals surface area contributed by atoms with Gasteiger partial charge in [-0.2, -0.15) is 0 Å². The van der Waals surface area contributed by atoms with Crippen LogP contribution in [0.3, 0.4) is 0 Å². The third-order valence-corrected chi connectivity index (χ3v) is 3.36. The van der Waals surface area contributed by atoms with Crippen molar-refractivity contribution in [1.82, 2.24) is 0 Å². The monoisotopic (exact) mass is 266 g/mol. The van der Waals surface area contributed by atoms with Gasteiger partial charge < -0.3 is 15.4 Å². The van der Waals surface area contributed by atoms with Crippen molar-refractivity contribution in [3.05, 3.63) is 17.9 Å². The van der Waals surface area contributed by atoms with Crippen molar-refractivity contribution >= 4 is 11.4 Å². The number of hydrogen-bond donors (Lipinski definition) is 2. The molecule has 3 nitrogen and oxygen atoms in total.